The van der Waals surface area contributed by atoms with Gasteiger partial charge in [-0.25, -0.2) is 0 Å². The van der Waals surface area contributed by atoms with Crippen molar-refractivity contribution < 1.29 is 9.53 Å². The number of hydrogen-bond acceptors (Lipinski definition) is 2. The van der Waals surface area contributed by atoms with E-state index in [1.165, 1.54) is 0 Å². The molecule has 1 unspecified atom stereocenters. The normalized spacial score (nSPS) is 15.0. The Morgan fingerprint density at radius 3 is 2.33 bits per heavy atom. The molecule has 0 bridgehead atoms. The minimum absolute atomic E-state index is 0.0131. The molecular formula is C9H17NO2. The number of hydrogen-bond donors (Lipinski definition) is 1. The number of methoxy groups -OCH3 is 1. The van der Waals surface area contributed by atoms with E-state index in [1.807, 2.05) is 13.8 Å². The van der Waals surface area contributed by atoms with Crippen LogP contribution in [-0.4, -0.2) is 25.2 Å². The standard InChI is InChI=1S/C9H17NO2/c1-6(2)9(11)10-7(3)8(4)12-5/h7-8H,1H2,2-5H3,(H,10,11)/t7?,8-/m1/s1. The lowest BCUT2D eigenvalue weighted by molar-refractivity contribution is -0.118. The molecule has 0 aromatic carbocycles. The highest BCUT2D eigenvalue weighted by Crippen LogP contribution is 1.97. The predicted octanol–water partition coefficient (Wildman–Crippen LogP) is 1.10. The summed E-state index contributed by atoms with van der Waals surface area (Å²) in [5.74, 6) is -0.119. The molecule has 0 heterocycles. The summed E-state index contributed by atoms with van der Waals surface area (Å²) in [4.78, 5) is 11.1. The van der Waals surface area contributed by atoms with E-state index in [1.54, 1.807) is 14.0 Å². The number of amides is 1. The number of ether oxygens (including phenoxy) is 1. The summed E-state index contributed by atoms with van der Waals surface area (Å²) in [7, 11) is 1.62. The molecule has 0 aliphatic carbocycles. The Hall–Kier alpha value is -0.830. The smallest absolute Gasteiger partial charge is 0.246 e. The summed E-state index contributed by atoms with van der Waals surface area (Å²) in [5, 5.41) is 2.77. The average Bonchev–Trinajstić information content (AvgIpc) is 2.02. The highest BCUT2D eigenvalue weighted by molar-refractivity contribution is 5.92. The van der Waals surface area contributed by atoms with Crippen LogP contribution in [0, 0.1) is 0 Å². The molecule has 3 nitrogen and oxygen atoms in total. The van der Waals surface area contributed by atoms with Gasteiger partial charge in [-0.15, -0.1) is 0 Å². The molecule has 2 atom stereocenters. The second-order valence-electron chi connectivity index (χ2n) is 2.98. The SMILES string of the molecule is C=C(C)C(=O)NC(C)[C@@H](C)OC. The average molecular weight is 171 g/mol. The van der Waals surface area contributed by atoms with Crippen molar-refractivity contribution in [3.63, 3.8) is 0 Å². The molecule has 0 aliphatic heterocycles. The van der Waals surface area contributed by atoms with Gasteiger partial charge in [0.1, 0.15) is 0 Å². The van der Waals surface area contributed by atoms with E-state index in [0.29, 0.717) is 5.57 Å². The van der Waals surface area contributed by atoms with Crippen LogP contribution >= 0.6 is 0 Å². The minimum atomic E-state index is -0.119. The van der Waals surface area contributed by atoms with Crippen LogP contribution < -0.4 is 5.32 Å². The van der Waals surface area contributed by atoms with Gasteiger partial charge in [-0.1, -0.05) is 6.58 Å². The lowest BCUT2D eigenvalue weighted by Crippen LogP contribution is -2.40. The monoisotopic (exact) mass is 171 g/mol. The molecule has 1 N–H and O–H groups in total. The van der Waals surface area contributed by atoms with E-state index in [-0.39, 0.29) is 18.1 Å². The van der Waals surface area contributed by atoms with E-state index in [2.05, 4.69) is 11.9 Å². The van der Waals surface area contributed by atoms with Crippen molar-refractivity contribution >= 4 is 5.91 Å². The Labute approximate surface area is 73.8 Å². The molecule has 0 radical (unpaired) electrons. The first-order valence-corrected chi connectivity index (χ1v) is 3.98. The number of rotatable bonds is 4. The fourth-order valence-corrected chi connectivity index (χ4v) is 0.651. The van der Waals surface area contributed by atoms with Gasteiger partial charge in [0, 0.05) is 12.7 Å². The summed E-state index contributed by atoms with van der Waals surface area (Å²) < 4.78 is 5.05. The van der Waals surface area contributed by atoms with Crippen LogP contribution in [-0.2, 0) is 9.53 Å². The number of carbonyl (C=O) groups excluding carboxylic acids is 1. The Morgan fingerprint density at radius 2 is 2.00 bits per heavy atom. The van der Waals surface area contributed by atoms with Crippen molar-refractivity contribution in [2.45, 2.75) is 32.9 Å². The van der Waals surface area contributed by atoms with Gasteiger partial charge in [-0.3, -0.25) is 4.79 Å². The van der Waals surface area contributed by atoms with Gasteiger partial charge in [0.2, 0.25) is 5.91 Å². The zero-order valence-corrected chi connectivity index (χ0v) is 8.18. The predicted molar refractivity (Wildman–Crippen MR) is 48.9 cm³/mol. The fraction of sp³-hybridized carbons (Fsp3) is 0.667. The second-order valence-corrected chi connectivity index (χ2v) is 2.98. The van der Waals surface area contributed by atoms with E-state index < -0.39 is 0 Å². The molecule has 1 amide bonds. The summed E-state index contributed by atoms with van der Waals surface area (Å²) in [6.07, 6.45) is 0.0216. The summed E-state index contributed by atoms with van der Waals surface area (Å²) in [6, 6.07) is 0.0131. The van der Waals surface area contributed by atoms with Crippen molar-refractivity contribution in [3.8, 4) is 0 Å². The fourth-order valence-electron chi connectivity index (χ4n) is 0.651. The maximum absolute atomic E-state index is 11.1. The van der Waals surface area contributed by atoms with Crippen LogP contribution in [0.2, 0.25) is 0 Å². The molecule has 0 saturated carbocycles. The van der Waals surface area contributed by atoms with Crippen LogP contribution in [0.25, 0.3) is 0 Å². The maximum atomic E-state index is 11.1. The van der Waals surface area contributed by atoms with Crippen LogP contribution in [0.15, 0.2) is 12.2 Å². The van der Waals surface area contributed by atoms with Gasteiger partial charge in [-0.2, -0.15) is 0 Å². The first-order chi connectivity index (χ1) is 5.49. The van der Waals surface area contributed by atoms with Crippen LogP contribution in [0.5, 0.6) is 0 Å². The van der Waals surface area contributed by atoms with Crippen LogP contribution in [0.1, 0.15) is 20.8 Å². The molecule has 70 valence electrons. The largest absolute Gasteiger partial charge is 0.380 e. The third-order valence-electron chi connectivity index (χ3n) is 1.82. The van der Waals surface area contributed by atoms with E-state index in [4.69, 9.17) is 4.74 Å². The van der Waals surface area contributed by atoms with E-state index in [0.717, 1.165) is 0 Å². The number of carbonyl (C=O) groups is 1. The van der Waals surface area contributed by atoms with Gasteiger partial charge in [0.15, 0.2) is 0 Å². The van der Waals surface area contributed by atoms with Crippen molar-refractivity contribution in [1.29, 1.82) is 0 Å². The summed E-state index contributed by atoms with van der Waals surface area (Å²) >= 11 is 0. The third-order valence-corrected chi connectivity index (χ3v) is 1.82. The van der Waals surface area contributed by atoms with Gasteiger partial charge < -0.3 is 10.1 Å². The molecule has 0 aliphatic rings. The summed E-state index contributed by atoms with van der Waals surface area (Å²) in [6.45, 7) is 9.02. The van der Waals surface area contributed by atoms with Gasteiger partial charge in [0.05, 0.1) is 12.1 Å². The molecule has 0 aromatic rings. The molecule has 0 spiro atoms. The van der Waals surface area contributed by atoms with Crippen LogP contribution in [0.3, 0.4) is 0 Å². The molecule has 12 heavy (non-hydrogen) atoms. The summed E-state index contributed by atoms with van der Waals surface area (Å²) in [5.41, 5.74) is 0.519. The zero-order chi connectivity index (χ0) is 9.72. The highest BCUT2D eigenvalue weighted by Gasteiger charge is 2.13. The molecule has 0 aromatic heterocycles. The van der Waals surface area contributed by atoms with Gasteiger partial charge in [-0.05, 0) is 20.8 Å². The molecule has 0 saturated heterocycles. The molecule has 0 fully saturated rings. The maximum Gasteiger partial charge on any atom is 0.246 e. The highest BCUT2D eigenvalue weighted by atomic mass is 16.5. The van der Waals surface area contributed by atoms with E-state index >= 15 is 0 Å². The van der Waals surface area contributed by atoms with Crippen molar-refractivity contribution in [3.05, 3.63) is 12.2 Å². The molecular weight excluding hydrogens is 154 g/mol. The van der Waals surface area contributed by atoms with Gasteiger partial charge in [0.25, 0.3) is 0 Å². The van der Waals surface area contributed by atoms with Crippen LogP contribution in [0.4, 0.5) is 0 Å². The lowest BCUT2D eigenvalue weighted by atomic mass is 10.2. The van der Waals surface area contributed by atoms with Crippen molar-refractivity contribution in [2.24, 2.45) is 0 Å². The Bertz CT molecular complexity index is 177. The molecule has 0 rings (SSSR count). The quantitative estimate of drug-likeness (QED) is 0.643. The lowest BCUT2D eigenvalue weighted by Gasteiger charge is -2.19. The minimum Gasteiger partial charge on any atom is -0.380 e. The van der Waals surface area contributed by atoms with Gasteiger partial charge >= 0.3 is 0 Å². The Morgan fingerprint density at radius 1 is 1.50 bits per heavy atom. The third kappa shape index (κ3) is 3.53. The molecule has 3 heteroatoms. The topological polar surface area (TPSA) is 38.3 Å². The van der Waals surface area contributed by atoms with Crippen molar-refractivity contribution in [1.82, 2.24) is 5.32 Å². The first-order valence-electron chi connectivity index (χ1n) is 3.98. The Kier molecular flexibility index (Phi) is 4.59. The second kappa shape index (κ2) is 4.93. The first kappa shape index (κ1) is 11.2. The number of nitrogens with one attached hydrogen (secondary N) is 1. The Balaban J connectivity index is 3.92. The van der Waals surface area contributed by atoms with Crippen molar-refractivity contribution in [2.75, 3.05) is 7.11 Å². The van der Waals surface area contributed by atoms with E-state index in [9.17, 15) is 4.79 Å². The zero-order valence-electron chi connectivity index (χ0n) is 8.18.